The Balaban J connectivity index is 1.35. The summed E-state index contributed by atoms with van der Waals surface area (Å²) in [5, 5.41) is 3.78. The van der Waals surface area contributed by atoms with Gasteiger partial charge in [0.15, 0.2) is 0 Å². The molecule has 3 aliphatic heterocycles. The molecule has 37 heavy (non-hydrogen) atoms. The Morgan fingerprint density at radius 2 is 1.62 bits per heavy atom. The summed E-state index contributed by atoms with van der Waals surface area (Å²) in [6.45, 7) is 12.8. The first-order valence-corrected chi connectivity index (χ1v) is 13.9. The second-order valence-corrected chi connectivity index (χ2v) is 12.1. The molecule has 0 aliphatic carbocycles. The minimum absolute atomic E-state index is 0.0229. The number of hydrogen-bond acceptors (Lipinski definition) is 4. The number of nitrogens with zero attached hydrogens (tertiary/aromatic N) is 3. The van der Waals surface area contributed by atoms with Gasteiger partial charge >= 0.3 is 6.03 Å². The predicted octanol–water partition coefficient (Wildman–Crippen LogP) is 3.60. The number of hydrogen-bond donors (Lipinski definition) is 1. The molecule has 3 saturated heterocycles. The van der Waals surface area contributed by atoms with Gasteiger partial charge in [0.1, 0.15) is 6.04 Å². The van der Waals surface area contributed by atoms with Crippen molar-refractivity contribution < 1.29 is 19.1 Å². The van der Waals surface area contributed by atoms with Crippen molar-refractivity contribution in [2.24, 2.45) is 17.3 Å². The number of morpholine rings is 1. The van der Waals surface area contributed by atoms with E-state index in [1.165, 1.54) is 5.56 Å². The van der Waals surface area contributed by atoms with E-state index in [1.807, 2.05) is 30.9 Å². The number of nitrogens with one attached hydrogen (secondary N) is 1. The Morgan fingerprint density at radius 3 is 2.24 bits per heavy atom. The van der Waals surface area contributed by atoms with E-state index < -0.39 is 6.04 Å². The topological polar surface area (TPSA) is 82.2 Å². The Morgan fingerprint density at radius 1 is 0.973 bits per heavy atom. The van der Waals surface area contributed by atoms with Crippen molar-refractivity contribution in [1.82, 2.24) is 20.0 Å². The summed E-state index contributed by atoms with van der Waals surface area (Å²) in [5.74, 6) is -0.175. The van der Waals surface area contributed by atoms with Crippen LogP contribution in [-0.4, -0.2) is 91.1 Å². The van der Waals surface area contributed by atoms with E-state index >= 15 is 0 Å². The van der Waals surface area contributed by atoms with Crippen molar-refractivity contribution in [3.63, 3.8) is 0 Å². The first-order chi connectivity index (χ1) is 17.6. The fourth-order valence-corrected chi connectivity index (χ4v) is 6.07. The molecular weight excluding hydrogens is 492 g/mol. The van der Waals surface area contributed by atoms with Crippen LogP contribution in [0.1, 0.15) is 52.0 Å². The van der Waals surface area contributed by atoms with E-state index in [0.717, 1.165) is 11.4 Å². The smallest absolute Gasteiger partial charge is 0.320 e. The molecule has 4 amide bonds. The lowest BCUT2D eigenvalue weighted by Gasteiger charge is -2.45. The number of benzene rings is 1. The number of halogens is 1. The van der Waals surface area contributed by atoms with Crippen LogP contribution in [0.4, 0.5) is 4.79 Å². The van der Waals surface area contributed by atoms with Gasteiger partial charge in [0, 0.05) is 44.3 Å². The summed E-state index contributed by atoms with van der Waals surface area (Å²) in [6, 6.07) is 7.40. The zero-order valence-electron chi connectivity index (χ0n) is 22.5. The third-order valence-electron chi connectivity index (χ3n) is 8.16. The molecule has 3 fully saturated rings. The molecule has 8 nitrogen and oxygen atoms in total. The van der Waals surface area contributed by atoms with Crippen LogP contribution in [0.3, 0.4) is 0 Å². The van der Waals surface area contributed by atoms with Crippen LogP contribution in [0.25, 0.3) is 0 Å². The first-order valence-electron chi connectivity index (χ1n) is 13.5. The summed E-state index contributed by atoms with van der Waals surface area (Å²) >= 11 is 6.09. The van der Waals surface area contributed by atoms with Crippen molar-refractivity contribution >= 4 is 29.4 Å². The van der Waals surface area contributed by atoms with Gasteiger partial charge in [-0.25, -0.2) is 4.79 Å². The summed E-state index contributed by atoms with van der Waals surface area (Å²) in [5.41, 5.74) is 1.13. The number of rotatable bonds is 5. The molecule has 0 saturated carbocycles. The van der Waals surface area contributed by atoms with Crippen molar-refractivity contribution in [3.8, 4) is 0 Å². The van der Waals surface area contributed by atoms with Crippen molar-refractivity contribution in [3.05, 3.63) is 34.9 Å². The van der Waals surface area contributed by atoms with Crippen LogP contribution >= 0.6 is 11.6 Å². The van der Waals surface area contributed by atoms with Gasteiger partial charge in [-0.1, -0.05) is 51.4 Å². The number of carbonyl (C=O) groups excluding carboxylic acids is 3. The molecule has 3 heterocycles. The highest BCUT2D eigenvalue weighted by Crippen LogP contribution is 2.42. The Kier molecular flexibility index (Phi) is 8.69. The van der Waals surface area contributed by atoms with Crippen LogP contribution in [0.15, 0.2) is 24.3 Å². The van der Waals surface area contributed by atoms with Crippen LogP contribution < -0.4 is 5.32 Å². The minimum Gasteiger partial charge on any atom is -0.378 e. The molecule has 204 valence electrons. The fraction of sp³-hybridized carbons (Fsp3) is 0.679. The average molecular weight is 533 g/mol. The molecule has 3 atom stereocenters. The highest BCUT2D eigenvalue weighted by molar-refractivity contribution is 6.30. The number of likely N-dealkylation sites (tertiary alicyclic amines) is 2. The normalized spacial score (nSPS) is 24.8. The predicted molar refractivity (Wildman–Crippen MR) is 143 cm³/mol. The number of ether oxygens (including phenoxy) is 1. The lowest BCUT2D eigenvalue weighted by molar-refractivity contribution is -0.141. The van der Waals surface area contributed by atoms with E-state index in [2.05, 4.69) is 31.3 Å². The average Bonchev–Trinajstić information content (AvgIpc) is 3.37. The monoisotopic (exact) mass is 532 g/mol. The standard InChI is InChI=1S/C28H41ClN4O4/c1-19(2)24(30-25(34)21-9-11-32(17-21)27(36)31-13-15-37-16-14-31)26(35)33-12-10-23(28(3,4)18-33)20-5-7-22(29)8-6-20/h5-8,19,21,23-24H,9-18H2,1-4H3,(H,30,34)/t21-,23-,24-/m1/s1. The molecule has 0 bridgehead atoms. The zero-order chi connectivity index (χ0) is 26.7. The van der Waals surface area contributed by atoms with Gasteiger partial charge in [-0.3, -0.25) is 9.59 Å². The van der Waals surface area contributed by atoms with Gasteiger partial charge in [0.2, 0.25) is 11.8 Å². The van der Waals surface area contributed by atoms with E-state index in [1.54, 1.807) is 9.80 Å². The lowest BCUT2D eigenvalue weighted by atomic mass is 9.70. The van der Waals surface area contributed by atoms with Gasteiger partial charge in [0.25, 0.3) is 0 Å². The molecule has 0 unspecified atom stereocenters. The maximum atomic E-state index is 13.7. The zero-order valence-corrected chi connectivity index (χ0v) is 23.3. The molecule has 0 aromatic heterocycles. The number of amides is 4. The van der Waals surface area contributed by atoms with E-state index in [4.69, 9.17) is 16.3 Å². The maximum Gasteiger partial charge on any atom is 0.320 e. The SMILES string of the molecule is CC(C)[C@@H](NC(=O)[C@@H]1CCN(C(=O)N2CCOCC2)C1)C(=O)N1CC[C@H](c2ccc(Cl)cc2)C(C)(C)C1. The summed E-state index contributed by atoms with van der Waals surface area (Å²) in [7, 11) is 0. The van der Waals surface area contributed by atoms with Crippen molar-refractivity contribution in [2.45, 2.75) is 52.5 Å². The summed E-state index contributed by atoms with van der Waals surface area (Å²) in [6.07, 6.45) is 1.47. The van der Waals surface area contributed by atoms with Crippen molar-refractivity contribution in [2.75, 3.05) is 52.5 Å². The van der Waals surface area contributed by atoms with Crippen molar-refractivity contribution in [1.29, 1.82) is 0 Å². The van der Waals surface area contributed by atoms with Gasteiger partial charge in [-0.2, -0.15) is 0 Å². The fourth-order valence-electron chi connectivity index (χ4n) is 5.94. The number of piperidine rings is 1. The van der Waals surface area contributed by atoms with E-state index in [-0.39, 0.29) is 35.1 Å². The van der Waals surface area contributed by atoms with Crippen LogP contribution in [-0.2, 0) is 14.3 Å². The summed E-state index contributed by atoms with van der Waals surface area (Å²) < 4.78 is 5.34. The minimum atomic E-state index is -0.584. The van der Waals surface area contributed by atoms with E-state index in [0.29, 0.717) is 64.8 Å². The largest absolute Gasteiger partial charge is 0.378 e. The highest BCUT2D eigenvalue weighted by atomic mass is 35.5. The molecule has 1 aromatic rings. The van der Waals surface area contributed by atoms with Crippen LogP contribution in [0, 0.1) is 17.3 Å². The quantitative estimate of drug-likeness (QED) is 0.628. The number of urea groups is 1. The Hall–Kier alpha value is -2.32. The summed E-state index contributed by atoms with van der Waals surface area (Å²) in [4.78, 5) is 45.2. The molecule has 1 N–H and O–H groups in total. The maximum absolute atomic E-state index is 13.7. The second-order valence-electron chi connectivity index (χ2n) is 11.7. The van der Waals surface area contributed by atoms with Gasteiger partial charge < -0.3 is 24.8 Å². The second kappa shape index (κ2) is 11.6. The Labute approximate surface area is 225 Å². The molecule has 1 aromatic carbocycles. The Bertz CT molecular complexity index is 977. The lowest BCUT2D eigenvalue weighted by Crippen LogP contribution is -2.56. The molecule has 0 spiro atoms. The molecule has 4 rings (SSSR count). The van der Waals surface area contributed by atoms with Gasteiger partial charge in [-0.15, -0.1) is 0 Å². The molecule has 0 radical (unpaired) electrons. The molecule has 9 heteroatoms. The van der Waals surface area contributed by atoms with E-state index in [9.17, 15) is 14.4 Å². The van der Waals surface area contributed by atoms with Crippen LogP contribution in [0.2, 0.25) is 5.02 Å². The third-order valence-corrected chi connectivity index (χ3v) is 8.41. The van der Waals surface area contributed by atoms with Crippen LogP contribution in [0.5, 0.6) is 0 Å². The highest BCUT2D eigenvalue weighted by Gasteiger charge is 2.41. The third kappa shape index (κ3) is 6.40. The first kappa shape index (κ1) is 27.7. The van der Waals surface area contributed by atoms with Gasteiger partial charge in [-0.05, 0) is 47.8 Å². The molecule has 3 aliphatic rings. The van der Waals surface area contributed by atoms with Gasteiger partial charge in [0.05, 0.1) is 19.1 Å². The molecular formula is C28H41ClN4O4. The number of carbonyl (C=O) groups is 3.